The van der Waals surface area contributed by atoms with Gasteiger partial charge in [0.2, 0.25) is 5.91 Å². The molecule has 4 nitrogen and oxygen atoms in total. The molecule has 1 saturated carbocycles. The van der Waals surface area contributed by atoms with Crippen molar-refractivity contribution in [2.75, 3.05) is 0 Å². The zero-order chi connectivity index (χ0) is 8.77. The van der Waals surface area contributed by atoms with Gasteiger partial charge in [-0.15, -0.1) is 0 Å². The van der Waals surface area contributed by atoms with Crippen molar-refractivity contribution < 1.29 is 14.7 Å². The first-order valence-electron chi connectivity index (χ1n) is 4.15. The topological polar surface area (TPSA) is 66.4 Å². The third-order valence-electron chi connectivity index (χ3n) is 2.86. The highest BCUT2D eigenvalue weighted by molar-refractivity contribution is 5.84. The van der Waals surface area contributed by atoms with E-state index in [1.807, 2.05) is 0 Å². The first kappa shape index (κ1) is 7.58. The van der Waals surface area contributed by atoms with Crippen LogP contribution in [-0.2, 0) is 9.59 Å². The van der Waals surface area contributed by atoms with Crippen LogP contribution in [0.5, 0.6) is 0 Å². The second kappa shape index (κ2) is 2.21. The van der Waals surface area contributed by atoms with E-state index in [-0.39, 0.29) is 18.2 Å². The number of piperidine rings is 1. The van der Waals surface area contributed by atoms with Gasteiger partial charge in [-0.25, -0.2) is 0 Å². The number of carbonyl (C=O) groups excluding carboxylic acids is 1. The predicted molar refractivity (Wildman–Crippen MR) is 40.5 cm³/mol. The Morgan fingerprint density at radius 2 is 2.50 bits per heavy atom. The minimum atomic E-state index is -0.821. The lowest BCUT2D eigenvalue weighted by molar-refractivity contribution is -0.138. The third kappa shape index (κ3) is 0.983. The molecule has 1 saturated heterocycles. The van der Waals surface area contributed by atoms with Gasteiger partial charge in [-0.3, -0.25) is 9.59 Å². The molecule has 2 N–H and O–H groups in total. The van der Waals surface area contributed by atoms with Crippen LogP contribution in [-0.4, -0.2) is 22.5 Å². The quantitative estimate of drug-likeness (QED) is 0.617. The van der Waals surface area contributed by atoms with Crippen LogP contribution in [0.25, 0.3) is 0 Å². The molecule has 0 aromatic rings. The molecule has 2 atom stereocenters. The first-order chi connectivity index (χ1) is 5.61. The number of fused-ring (bicyclic) bond motifs is 2. The third-order valence-corrected chi connectivity index (χ3v) is 2.86. The van der Waals surface area contributed by atoms with Crippen molar-refractivity contribution in [3.8, 4) is 0 Å². The molecular formula is C8H11NO3. The molecule has 1 aliphatic heterocycles. The summed E-state index contributed by atoms with van der Waals surface area (Å²) in [5.41, 5.74) is -0.395. The molecule has 4 heteroatoms. The Kier molecular flexibility index (Phi) is 1.40. The fourth-order valence-corrected chi connectivity index (χ4v) is 2.32. The van der Waals surface area contributed by atoms with Gasteiger partial charge in [0.05, 0.1) is 12.0 Å². The molecule has 66 valence electrons. The Bertz CT molecular complexity index is 251. The van der Waals surface area contributed by atoms with Crippen LogP contribution in [0.3, 0.4) is 0 Å². The van der Waals surface area contributed by atoms with Crippen LogP contribution in [0.15, 0.2) is 0 Å². The minimum absolute atomic E-state index is 0.0440. The summed E-state index contributed by atoms with van der Waals surface area (Å²) in [6, 6.07) is 0. The monoisotopic (exact) mass is 169 g/mol. The van der Waals surface area contributed by atoms with E-state index in [2.05, 4.69) is 5.32 Å². The molecule has 1 aliphatic carbocycles. The van der Waals surface area contributed by atoms with E-state index in [0.29, 0.717) is 0 Å². The number of hydrogen-bond donors (Lipinski definition) is 2. The average molecular weight is 169 g/mol. The Morgan fingerprint density at radius 1 is 1.75 bits per heavy atom. The highest BCUT2D eigenvalue weighted by Crippen LogP contribution is 2.42. The van der Waals surface area contributed by atoms with Gasteiger partial charge in [0, 0.05) is 5.92 Å². The number of carboxylic acid groups (broad SMARTS) is 1. The molecule has 0 aromatic carbocycles. The number of carboxylic acids is 1. The van der Waals surface area contributed by atoms with Crippen molar-refractivity contribution in [3.63, 3.8) is 0 Å². The standard InChI is InChI=1S/C8H11NO3/c10-6(11)4-8-2-1-5(3-8)7(12)9-8/h5H,1-4H2,(H,9,12)(H,10,11). The maximum atomic E-state index is 11.1. The van der Waals surface area contributed by atoms with Gasteiger partial charge in [-0.2, -0.15) is 0 Å². The molecule has 2 fully saturated rings. The Hall–Kier alpha value is -1.06. The number of aliphatic carboxylic acids is 1. The normalized spacial score (nSPS) is 38.3. The second-order valence-electron chi connectivity index (χ2n) is 3.78. The summed E-state index contributed by atoms with van der Waals surface area (Å²) >= 11 is 0. The number of amides is 1. The van der Waals surface area contributed by atoms with Crippen molar-refractivity contribution in [1.29, 1.82) is 0 Å². The molecule has 0 aromatic heterocycles. The summed E-state index contributed by atoms with van der Waals surface area (Å²) in [7, 11) is 0. The van der Waals surface area contributed by atoms with Crippen LogP contribution in [0.2, 0.25) is 0 Å². The fraction of sp³-hybridized carbons (Fsp3) is 0.750. The largest absolute Gasteiger partial charge is 0.481 e. The Balaban J connectivity index is 2.13. The number of hydrogen-bond acceptors (Lipinski definition) is 2. The lowest BCUT2D eigenvalue weighted by atomic mass is 9.95. The molecule has 12 heavy (non-hydrogen) atoms. The van der Waals surface area contributed by atoms with E-state index in [0.717, 1.165) is 19.3 Å². The molecule has 2 rings (SSSR count). The molecule has 0 radical (unpaired) electrons. The van der Waals surface area contributed by atoms with Crippen molar-refractivity contribution in [3.05, 3.63) is 0 Å². The predicted octanol–water partition coefficient (Wildman–Crippen LogP) is 0.130. The first-order valence-corrected chi connectivity index (χ1v) is 4.15. The van der Waals surface area contributed by atoms with E-state index in [1.165, 1.54) is 0 Å². The van der Waals surface area contributed by atoms with Crippen LogP contribution in [0.4, 0.5) is 0 Å². The van der Waals surface area contributed by atoms with Crippen molar-refractivity contribution >= 4 is 11.9 Å². The summed E-state index contributed by atoms with van der Waals surface area (Å²) < 4.78 is 0. The molecule has 1 amide bonds. The maximum Gasteiger partial charge on any atom is 0.305 e. The van der Waals surface area contributed by atoms with Gasteiger partial charge in [-0.1, -0.05) is 0 Å². The number of carbonyl (C=O) groups is 2. The summed E-state index contributed by atoms with van der Waals surface area (Å²) in [5, 5.41) is 11.4. The van der Waals surface area contributed by atoms with E-state index in [9.17, 15) is 9.59 Å². The minimum Gasteiger partial charge on any atom is -0.481 e. The van der Waals surface area contributed by atoms with Crippen LogP contribution in [0, 0.1) is 5.92 Å². The van der Waals surface area contributed by atoms with Gasteiger partial charge in [0.15, 0.2) is 0 Å². The van der Waals surface area contributed by atoms with Crippen molar-refractivity contribution in [2.45, 2.75) is 31.2 Å². The van der Waals surface area contributed by atoms with Crippen molar-refractivity contribution in [2.24, 2.45) is 5.92 Å². The highest BCUT2D eigenvalue weighted by Gasteiger charge is 2.50. The summed E-state index contributed by atoms with van der Waals surface area (Å²) in [4.78, 5) is 21.6. The lowest BCUT2D eigenvalue weighted by Gasteiger charge is -2.25. The van der Waals surface area contributed by atoms with Gasteiger partial charge in [-0.05, 0) is 19.3 Å². The van der Waals surface area contributed by atoms with Crippen LogP contribution in [0.1, 0.15) is 25.7 Å². The Labute approximate surface area is 69.9 Å². The number of rotatable bonds is 2. The van der Waals surface area contributed by atoms with Crippen LogP contribution >= 0.6 is 0 Å². The van der Waals surface area contributed by atoms with Gasteiger partial charge >= 0.3 is 5.97 Å². The van der Waals surface area contributed by atoms with E-state index in [1.54, 1.807) is 0 Å². The molecule has 2 unspecified atom stereocenters. The van der Waals surface area contributed by atoms with E-state index < -0.39 is 11.5 Å². The van der Waals surface area contributed by atoms with Gasteiger partial charge in [0.1, 0.15) is 0 Å². The molecule has 0 spiro atoms. The van der Waals surface area contributed by atoms with Gasteiger partial charge < -0.3 is 10.4 Å². The molecule has 2 bridgehead atoms. The van der Waals surface area contributed by atoms with E-state index in [4.69, 9.17) is 5.11 Å². The zero-order valence-corrected chi connectivity index (χ0v) is 6.67. The van der Waals surface area contributed by atoms with Gasteiger partial charge in [0.25, 0.3) is 0 Å². The summed E-state index contributed by atoms with van der Waals surface area (Å²) in [5.74, 6) is -0.690. The van der Waals surface area contributed by atoms with Crippen molar-refractivity contribution in [1.82, 2.24) is 5.32 Å². The smallest absolute Gasteiger partial charge is 0.305 e. The zero-order valence-electron chi connectivity index (χ0n) is 6.67. The highest BCUT2D eigenvalue weighted by atomic mass is 16.4. The number of nitrogens with one attached hydrogen (secondary N) is 1. The van der Waals surface area contributed by atoms with Crippen LogP contribution < -0.4 is 5.32 Å². The second-order valence-corrected chi connectivity index (χ2v) is 3.78. The molecule has 2 aliphatic rings. The maximum absolute atomic E-state index is 11.1. The SMILES string of the molecule is O=C(O)CC12CCC(C1)C(=O)N2. The summed E-state index contributed by atoms with van der Waals surface area (Å²) in [6.07, 6.45) is 2.49. The Morgan fingerprint density at radius 3 is 2.92 bits per heavy atom. The summed E-state index contributed by atoms with van der Waals surface area (Å²) in [6.45, 7) is 0. The molecule has 1 heterocycles. The van der Waals surface area contributed by atoms with E-state index >= 15 is 0 Å². The average Bonchev–Trinajstić information content (AvgIpc) is 2.41. The molecular weight excluding hydrogens is 158 g/mol. The lowest BCUT2D eigenvalue weighted by Crippen LogP contribution is -2.44. The fourth-order valence-electron chi connectivity index (χ4n) is 2.32.